The molecule has 0 aliphatic rings. The molecule has 0 atom stereocenters. The summed E-state index contributed by atoms with van der Waals surface area (Å²) in [6.07, 6.45) is 0. The zero-order valence-electron chi connectivity index (χ0n) is 4.58. The molecule has 0 spiro atoms. The van der Waals surface area contributed by atoms with Gasteiger partial charge in [-0.05, 0) is 0 Å². The molecule has 0 amide bonds. The first-order chi connectivity index (χ1) is 4.13. The molecule has 1 rings (SSSR count). The Labute approximate surface area is 79.1 Å². The predicted octanol–water partition coefficient (Wildman–Crippen LogP) is -0.596. The second-order valence-electron chi connectivity index (χ2n) is 1.52. The summed E-state index contributed by atoms with van der Waals surface area (Å²) < 4.78 is 5.09. The van der Waals surface area contributed by atoms with Crippen LogP contribution in [0.5, 0.6) is 0 Å². The van der Waals surface area contributed by atoms with Gasteiger partial charge in [-0.2, -0.15) is 0 Å². The van der Waals surface area contributed by atoms with Crippen LogP contribution in [0.4, 0.5) is 0 Å². The molecule has 1 heterocycles. The van der Waals surface area contributed by atoms with Gasteiger partial charge in [0.25, 0.3) is 0 Å². The van der Waals surface area contributed by atoms with Crippen molar-refractivity contribution >= 4 is 63.9 Å². The molecule has 0 saturated heterocycles. The van der Waals surface area contributed by atoms with E-state index in [1.165, 1.54) is 0 Å². The average Bonchev–Trinajstić information content (AvgIpc) is 1.98. The van der Waals surface area contributed by atoms with Gasteiger partial charge in [-0.15, -0.1) is 0 Å². The predicted molar refractivity (Wildman–Crippen MR) is 44.9 cm³/mol. The van der Waals surface area contributed by atoms with Crippen molar-refractivity contribution in [3.05, 3.63) is 3.95 Å². The second kappa shape index (κ2) is 2.87. The molecule has 0 aliphatic carbocycles. The summed E-state index contributed by atoms with van der Waals surface area (Å²) in [7, 11) is 1.95. The Kier molecular flexibility index (Phi) is 2.55. The number of hydrogen-bond donors (Lipinski definition) is 0. The molecular weight excluding hydrogens is 284 g/mol. The van der Waals surface area contributed by atoms with E-state index < -0.39 is 0 Å². The molecule has 0 radical (unpaired) electrons. The van der Waals surface area contributed by atoms with E-state index in [1.807, 2.05) is 11.6 Å². The van der Waals surface area contributed by atoms with Gasteiger partial charge < -0.3 is 0 Å². The Hall–Kier alpha value is 0.889. The van der Waals surface area contributed by atoms with Crippen LogP contribution in [0.15, 0.2) is 0 Å². The molecule has 0 fully saturated rings. The summed E-state index contributed by atoms with van der Waals surface area (Å²) >= 11 is 12.5. The second-order valence-corrected chi connectivity index (χ2v) is 5.41. The van der Waals surface area contributed by atoms with Crippen LogP contribution in [0.25, 0.3) is 0 Å². The Bertz CT molecular complexity index is 275. The molecule has 5 heteroatoms. The number of thiazole rings is 1. The van der Waals surface area contributed by atoms with Crippen LogP contribution in [0.1, 0.15) is 0 Å². The molecule has 0 unspecified atom stereocenters. The van der Waals surface area contributed by atoms with Gasteiger partial charge in [0.1, 0.15) is 0 Å². The maximum absolute atomic E-state index is 5.00. The normalized spacial score (nSPS) is 9.89. The summed E-state index contributed by atoms with van der Waals surface area (Å²) in [5.74, 6) is 0. The van der Waals surface area contributed by atoms with Gasteiger partial charge in [-0.1, -0.05) is 0 Å². The monoisotopic (exact) mass is 289 g/mol. The SMILES string of the molecule is Cn1c([Se-])c([Se-])sc1=S. The topological polar surface area (TPSA) is 4.93 Å². The molecule has 0 saturated carbocycles. The van der Waals surface area contributed by atoms with Gasteiger partial charge in [0.15, 0.2) is 0 Å². The van der Waals surface area contributed by atoms with Gasteiger partial charge in [0.05, 0.1) is 0 Å². The average molecular weight is 287 g/mol. The van der Waals surface area contributed by atoms with Crippen LogP contribution < -0.4 is 8.37 Å². The van der Waals surface area contributed by atoms with Crippen molar-refractivity contribution in [2.24, 2.45) is 7.05 Å². The molecule has 0 aromatic carbocycles. The van der Waals surface area contributed by atoms with Gasteiger partial charge in [-0.3, -0.25) is 0 Å². The maximum atomic E-state index is 5.00. The van der Waals surface area contributed by atoms with Crippen LogP contribution >= 0.6 is 23.6 Å². The standard InChI is InChI=1S/C4H5NS2Se2/c1-5-2(8)3(9)7-4(5)6/h8-9H,1H3/p-2. The zero-order chi connectivity index (χ0) is 7.02. The summed E-state index contributed by atoms with van der Waals surface area (Å²) in [6, 6.07) is 0. The number of rotatable bonds is 0. The van der Waals surface area contributed by atoms with Crippen molar-refractivity contribution in [2.45, 2.75) is 0 Å². The fourth-order valence-electron chi connectivity index (χ4n) is 0.411. The summed E-state index contributed by atoms with van der Waals surface area (Å²) in [5, 5.41) is 0. The van der Waals surface area contributed by atoms with Gasteiger partial charge in [0.2, 0.25) is 0 Å². The first-order valence-electron chi connectivity index (χ1n) is 2.17. The number of hydrogen-bond acceptors (Lipinski definition) is 2. The van der Waals surface area contributed by atoms with E-state index >= 15 is 0 Å². The molecule has 0 N–H and O–H groups in total. The van der Waals surface area contributed by atoms with Gasteiger partial charge in [-0.25, -0.2) is 0 Å². The van der Waals surface area contributed by atoms with Crippen LogP contribution in [-0.4, -0.2) is 36.6 Å². The summed E-state index contributed by atoms with van der Waals surface area (Å²) in [4.78, 5) is 0. The Balaban J connectivity index is 3.47. The summed E-state index contributed by atoms with van der Waals surface area (Å²) in [6.45, 7) is 0. The Morgan fingerprint density at radius 1 is 1.56 bits per heavy atom. The van der Waals surface area contributed by atoms with Crippen molar-refractivity contribution in [3.8, 4) is 0 Å². The third kappa shape index (κ3) is 1.48. The van der Waals surface area contributed by atoms with E-state index in [-0.39, 0.29) is 0 Å². The molecular formula is C4H3NS2Se2-2. The van der Waals surface area contributed by atoms with Crippen molar-refractivity contribution in [1.29, 1.82) is 0 Å². The third-order valence-corrected chi connectivity index (χ3v) is 5.16. The van der Waals surface area contributed by atoms with Crippen LogP contribution in [-0.2, 0) is 7.05 Å². The van der Waals surface area contributed by atoms with E-state index in [2.05, 4.69) is 32.0 Å². The quantitative estimate of drug-likeness (QED) is 0.456. The van der Waals surface area contributed by atoms with E-state index in [0.29, 0.717) is 0 Å². The first kappa shape index (κ1) is 7.99. The molecule has 9 heavy (non-hydrogen) atoms. The van der Waals surface area contributed by atoms with Crippen molar-refractivity contribution in [2.75, 3.05) is 0 Å². The van der Waals surface area contributed by atoms with E-state index in [1.54, 1.807) is 11.3 Å². The van der Waals surface area contributed by atoms with E-state index in [4.69, 9.17) is 12.2 Å². The minimum absolute atomic E-state index is 0.900. The molecule has 1 nitrogen and oxygen atoms in total. The number of nitrogens with zero attached hydrogens (tertiary/aromatic N) is 1. The molecule has 50 valence electrons. The van der Waals surface area contributed by atoms with Crippen LogP contribution in [0, 0.1) is 3.95 Å². The zero-order valence-corrected chi connectivity index (χ0v) is 9.64. The third-order valence-electron chi connectivity index (χ3n) is 0.933. The minimum atomic E-state index is 0.900. The van der Waals surface area contributed by atoms with Gasteiger partial charge in [0, 0.05) is 0 Å². The van der Waals surface area contributed by atoms with Crippen LogP contribution in [0.2, 0.25) is 0 Å². The van der Waals surface area contributed by atoms with E-state index in [0.717, 1.165) is 12.3 Å². The Morgan fingerprint density at radius 3 is 2.22 bits per heavy atom. The fourth-order valence-corrected chi connectivity index (χ4v) is 3.22. The van der Waals surface area contributed by atoms with Crippen molar-refractivity contribution in [1.82, 2.24) is 4.57 Å². The van der Waals surface area contributed by atoms with Crippen molar-refractivity contribution < 1.29 is 0 Å². The van der Waals surface area contributed by atoms with Crippen LogP contribution in [0.3, 0.4) is 0 Å². The molecule has 1 aromatic rings. The fraction of sp³-hybridized carbons (Fsp3) is 0.250. The van der Waals surface area contributed by atoms with E-state index in [9.17, 15) is 0 Å². The Morgan fingerprint density at radius 2 is 2.11 bits per heavy atom. The van der Waals surface area contributed by atoms with Crippen molar-refractivity contribution in [3.63, 3.8) is 0 Å². The molecule has 1 aromatic heterocycles. The summed E-state index contributed by atoms with van der Waals surface area (Å²) in [5.41, 5.74) is 0. The van der Waals surface area contributed by atoms with Gasteiger partial charge >= 0.3 is 79.5 Å². The number of aromatic nitrogens is 1. The molecule has 0 aliphatic heterocycles. The first-order valence-corrected chi connectivity index (χ1v) is 5.10. The molecule has 0 bridgehead atoms.